The summed E-state index contributed by atoms with van der Waals surface area (Å²) in [5.74, 6) is -2.35. The van der Waals surface area contributed by atoms with E-state index in [2.05, 4.69) is 5.16 Å². The second-order valence-electron chi connectivity index (χ2n) is 3.06. The number of benzene rings is 1. The molecule has 5 nitrogen and oxygen atoms in total. The van der Waals surface area contributed by atoms with E-state index in [0.717, 1.165) is 0 Å². The minimum Gasteiger partial charge on any atom is -0.477 e. The summed E-state index contributed by atoms with van der Waals surface area (Å²) in [5, 5.41) is 12.2. The van der Waals surface area contributed by atoms with Crippen LogP contribution in [-0.2, 0) is 0 Å². The molecule has 0 unspecified atom stereocenters. The summed E-state index contributed by atoms with van der Waals surface area (Å²) >= 11 is 0. The third-order valence-corrected chi connectivity index (χ3v) is 2.05. The second kappa shape index (κ2) is 3.65. The van der Waals surface area contributed by atoms with Crippen molar-refractivity contribution in [3.63, 3.8) is 0 Å². The number of nitrogens with zero attached hydrogens (tertiary/aromatic N) is 1. The Morgan fingerprint density at radius 3 is 2.75 bits per heavy atom. The first-order valence-corrected chi connectivity index (χ1v) is 4.34. The van der Waals surface area contributed by atoms with E-state index in [1.807, 2.05) is 0 Å². The number of rotatable bonds is 2. The molecular formula is C10H7FN2O3. The molecule has 1 aromatic heterocycles. The Labute approximate surface area is 89.3 Å². The van der Waals surface area contributed by atoms with Crippen molar-refractivity contribution in [1.82, 2.24) is 5.16 Å². The molecule has 0 atom stereocenters. The standard InChI is InChI=1S/C10H7FN2O3/c11-6-4-2-1-3-5(6)8-7(10(14)15)9(12)13-16-8/h1-4H,(H2,12,13)(H,14,15). The molecule has 2 rings (SSSR count). The highest BCUT2D eigenvalue weighted by atomic mass is 19.1. The van der Waals surface area contributed by atoms with E-state index in [9.17, 15) is 9.18 Å². The maximum Gasteiger partial charge on any atom is 0.343 e. The smallest absolute Gasteiger partial charge is 0.343 e. The first kappa shape index (κ1) is 10.2. The lowest BCUT2D eigenvalue weighted by Crippen LogP contribution is -2.01. The van der Waals surface area contributed by atoms with Gasteiger partial charge in [-0.25, -0.2) is 9.18 Å². The van der Waals surface area contributed by atoms with Gasteiger partial charge in [-0.3, -0.25) is 0 Å². The number of nitrogens with two attached hydrogens (primary N) is 1. The quantitative estimate of drug-likeness (QED) is 0.808. The molecule has 1 aromatic carbocycles. The lowest BCUT2D eigenvalue weighted by Gasteiger charge is -1.99. The van der Waals surface area contributed by atoms with E-state index in [0.29, 0.717) is 0 Å². The van der Waals surface area contributed by atoms with Gasteiger partial charge in [0.2, 0.25) is 0 Å². The van der Waals surface area contributed by atoms with E-state index in [-0.39, 0.29) is 22.7 Å². The van der Waals surface area contributed by atoms with Crippen molar-refractivity contribution in [3.05, 3.63) is 35.6 Å². The lowest BCUT2D eigenvalue weighted by atomic mass is 10.1. The maximum atomic E-state index is 13.4. The van der Waals surface area contributed by atoms with Crippen LogP contribution in [0.4, 0.5) is 10.2 Å². The molecule has 3 N–H and O–H groups in total. The number of halogens is 1. The summed E-state index contributed by atoms with van der Waals surface area (Å²) in [6.07, 6.45) is 0. The van der Waals surface area contributed by atoms with Crippen LogP contribution >= 0.6 is 0 Å². The Kier molecular flexibility index (Phi) is 2.32. The van der Waals surface area contributed by atoms with Gasteiger partial charge >= 0.3 is 5.97 Å². The highest BCUT2D eigenvalue weighted by Crippen LogP contribution is 2.29. The zero-order valence-corrected chi connectivity index (χ0v) is 7.98. The first-order valence-electron chi connectivity index (χ1n) is 4.34. The molecule has 0 bridgehead atoms. The number of hydrogen-bond donors (Lipinski definition) is 2. The molecule has 16 heavy (non-hydrogen) atoms. The molecule has 6 heteroatoms. The van der Waals surface area contributed by atoms with E-state index >= 15 is 0 Å². The zero-order chi connectivity index (χ0) is 11.7. The fraction of sp³-hybridized carbons (Fsp3) is 0. The van der Waals surface area contributed by atoms with Gasteiger partial charge in [-0.15, -0.1) is 0 Å². The van der Waals surface area contributed by atoms with E-state index in [4.69, 9.17) is 15.4 Å². The van der Waals surface area contributed by atoms with E-state index < -0.39 is 11.8 Å². The van der Waals surface area contributed by atoms with Crippen molar-refractivity contribution in [2.24, 2.45) is 0 Å². The number of anilines is 1. The topological polar surface area (TPSA) is 89.4 Å². The third kappa shape index (κ3) is 1.50. The van der Waals surface area contributed by atoms with Crippen LogP contribution in [0.25, 0.3) is 11.3 Å². The molecule has 0 radical (unpaired) electrons. The molecule has 1 heterocycles. The Morgan fingerprint density at radius 2 is 2.12 bits per heavy atom. The summed E-state index contributed by atoms with van der Waals surface area (Å²) in [6, 6.07) is 5.63. The van der Waals surface area contributed by atoms with Gasteiger partial charge in [-0.05, 0) is 12.1 Å². The number of aromatic carboxylic acids is 1. The van der Waals surface area contributed by atoms with Gasteiger partial charge in [0.25, 0.3) is 0 Å². The van der Waals surface area contributed by atoms with Crippen molar-refractivity contribution in [3.8, 4) is 11.3 Å². The predicted molar refractivity (Wildman–Crippen MR) is 53.3 cm³/mol. The number of nitrogen functional groups attached to an aromatic ring is 1. The Bertz CT molecular complexity index is 551. The van der Waals surface area contributed by atoms with Crippen molar-refractivity contribution in [2.75, 3.05) is 5.73 Å². The van der Waals surface area contributed by atoms with Gasteiger partial charge in [-0.1, -0.05) is 17.3 Å². The van der Waals surface area contributed by atoms with Crippen molar-refractivity contribution >= 4 is 11.8 Å². The molecule has 0 aliphatic heterocycles. The molecule has 0 saturated carbocycles. The molecule has 0 spiro atoms. The average Bonchev–Trinajstić information content (AvgIpc) is 2.61. The summed E-state index contributed by atoms with van der Waals surface area (Å²) in [5.41, 5.74) is 5.01. The Morgan fingerprint density at radius 1 is 1.44 bits per heavy atom. The van der Waals surface area contributed by atoms with Gasteiger partial charge in [0.05, 0.1) is 5.56 Å². The lowest BCUT2D eigenvalue weighted by molar-refractivity contribution is 0.0698. The first-order chi connectivity index (χ1) is 7.61. The third-order valence-electron chi connectivity index (χ3n) is 2.05. The fourth-order valence-corrected chi connectivity index (χ4v) is 1.34. The zero-order valence-electron chi connectivity index (χ0n) is 7.98. The molecular weight excluding hydrogens is 215 g/mol. The number of aromatic nitrogens is 1. The van der Waals surface area contributed by atoms with Gasteiger partial charge in [-0.2, -0.15) is 0 Å². The number of carbonyl (C=O) groups is 1. The van der Waals surface area contributed by atoms with Gasteiger partial charge in [0.15, 0.2) is 17.1 Å². The van der Waals surface area contributed by atoms with Crippen molar-refractivity contribution in [1.29, 1.82) is 0 Å². The minimum atomic E-state index is -1.31. The van der Waals surface area contributed by atoms with Gasteiger partial charge < -0.3 is 15.4 Å². The molecule has 0 amide bonds. The second-order valence-corrected chi connectivity index (χ2v) is 3.06. The minimum absolute atomic E-state index is 0.0177. The molecule has 2 aromatic rings. The average molecular weight is 222 g/mol. The largest absolute Gasteiger partial charge is 0.477 e. The highest BCUT2D eigenvalue weighted by molar-refractivity contribution is 5.98. The summed E-state index contributed by atoms with van der Waals surface area (Å²) in [6.45, 7) is 0. The van der Waals surface area contributed by atoms with Crippen LogP contribution in [0.5, 0.6) is 0 Å². The maximum absolute atomic E-state index is 13.4. The van der Waals surface area contributed by atoms with Crippen LogP contribution in [-0.4, -0.2) is 16.2 Å². The fourth-order valence-electron chi connectivity index (χ4n) is 1.34. The van der Waals surface area contributed by atoms with Gasteiger partial charge in [0, 0.05) is 0 Å². The number of hydrogen-bond acceptors (Lipinski definition) is 4. The molecule has 82 valence electrons. The van der Waals surface area contributed by atoms with Crippen LogP contribution in [0.1, 0.15) is 10.4 Å². The summed E-state index contributed by atoms with van der Waals surface area (Å²) in [4.78, 5) is 10.9. The monoisotopic (exact) mass is 222 g/mol. The van der Waals surface area contributed by atoms with Crippen molar-refractivity contribution < 1.29 is 18.8 Å². The Balaban J connectivity index is 2.66. The molecule has 0 fully saturated rings. The molecule has 0 aliphatic carbocycles. The van der Waals surface area contributed by atoms with Crippen LogP contribution in [0, 0.1) is 5.82 Å². The van der Waals surface area contributed by atoms with Crippen LogP contribution in [0.2, 0.25) is 0 Å². The predicted octanol–water partition coefficient (Wildman–Crippen LogP) is 1.76. The van der Waals surface area contributed by atoms with Crippen LogP contribution in [0.3, 0.4) is 0 Å². The van der Waals surface area contributed by atoms with Crippen LogP contribution < -0.4 is 5.73 Å². The molecule has 0 saturated heterocycles. The van der Waals surface area contributed by atoms with E-state index in [1.165, 1.54) is 18.2 Å². The number of carboxylic acids is 1. The highest BCUT2D eigenvalue weighted by Gasteiger charge is 2.23. The van der Waals surface area contributed by atoms with Crippen molar-refractivity contribution in [2.45, 2.75) is 0 Å². The summed E-state index contributed by atoms with van der Waals surface area (Å²) < 4.78 is 18.1. The molecule has 0 aliphatic rings. The number of carboxylic acid groups (broad SMARTS) is 1. The SMILES string of the molecule is Nc1noc(-c2ccccc2F)c1C(=O)O. The Hall–Kier alpha value is -2.37. The summed E-state index contributed by atoms with van der Waals surface area (Å²) in [7, 11) is 0. The van der Waals surface area contributed by atoms with E-state index in [1.54, 1.807) is 6.07 Å². The van der Waals surface area contributed by atoms with Crippen LogP contribution in [0.15, 0.2) is 28.8 Å². The normalized spacial score (nSPS) is 10.3. The van der Waals surface area contributed by atoms with Gasteiger partial charge in [0.1, 0.15) is 5.82 Å².